The van der Waals surface area contributed by atoms with E-state index in [1.165, 1.54) is 4.90 Å². The summed E-state index contributed by atoms with van der Waals surface area (Å²) in [5.41, 5.74) is -0.399. The fourth-order valence-electron chi connectivity index (χ4n) is 1.88. The Morgan fingerprint density at radius 2 is 2.26 bits per heavy atom. The topological polar surface area (TPSA) is 45.0 Å². The quantitative estimate of drug-likeness (QED) is 0.584. The molecule has 0 aliphatic rings. The van der Waals surface area contributed by atoms with E-state index < -0.39 is 5.54 Å². The van der Waals surface area contributed by atoms with Gasteiger partial charge in [0.2, 0.25) is 0 Å². The lowest BCUT2D eigenvalue weighted by Crippen LogP contribution is -2.40. The molecule has 1 rings (SSSR count). The first kappa shape index (κ1) is 15.9. The van der Waals surface area contributed by atoms with E-state index in [2.05, 4.69) is 17.5 Å². The number of hydrogen-bond acceptors (Lipinski definition) is 4. The second kappa shape index (κ2) is 8.08. The van der Waals surface area contributed by atoms with E-state index in [1.807, 2.05) is 32.0 Å². The summed E-state index contributed by atoms with van der Waals surface area (Å²) in [6.45, 7) is 4.82. The van der Waals surface area contributed by atoms with Crippen LogP contribution in [0.3, 0.4) is 0 Å². The average Bonchev–Trinajstić information content (AvgIpc) is 2.44. The van der Waals surface area contributed by atoms with Crippen LogP contribution in [0, 0.1) is 11.3 Å². The van der Waals surface area contributed by atoms with Gasteiger partial charge in [0.25, 0.3) is 0 Å². The number of methoxy groups -OCH3 is 1. The molecule has 0 saturated carbocycles. The minimum absolute atomic E-state index is 0.399. The number of ether oxygens (including phenoxy) is 1. The van der Waals surface area contributed by atoms with Crippen LogP contribution in [0.4, 0.5) is 0 Å². The first-order valence-electron chi connectivity index (χ1n) is 6.56. The molecule has 0 amide bonds. The van der Waals surface area contributed by atoms with E-state index in [0.717, 1.165) is 30.9 Å². The van der Waals surface area contributed by atoms with Crippen molar-refractivity contribution in [1.29, 1.82) is 5.26 Å². The largest absolute Gasteiger partial charge is 0.497 e. The molecule has 1 aromatic rings. The minimum Gasteiger partial charge on any atom is -0.497 e. The lowest BCUT2D eigenvalue weighted by molar-refractivity contribution is 0.413. The van der Waals surface area contributed by atoms with Crippen molar-refractivity contribution in [1.82, 2.24) is 5.32 Å². The van der Waals surface area contributed by atoms with Crippen molar-refractivity contribution < 1.29 is 4.74 Å². The van der Waals surface area contributed by atoms with E-state index >= 15 is 0 Å². The number of nitrogens with one attached hydrogen (secondary N) is 1. The SMILES string of the molecule is CCNC(C)(C#N)CCCSc1cccc(OC)c1. The van der Waals surface area contributed by atoms with Gasteiger partial charge in [-0.2, -0.15) is 5.26 Å². The summed E-state index contributed by atoms with van der Waals surface area (Å²) in [7, 11) is 1.68. The Bertz CT molecular complexity index is 430. The zero-order chi connectivity index (χ0) is 14.1. The van der Waals surface area contributed by atoms with Crippen molar-refractivity contribution in [3.63, 3.8) is 0 Å². The van der Waals surface area contributed by atoms with Gasteiger partial charge in [-0.25, -0.2) is 0 Å². The summed E-state index contributed by atoms with van der Waals surface area (Å²) in [6, 6.07) is 10.4. The van der Waals surface area contributed by atoms with Crippen LogP contribution in [-0.2, 0) is 0 Å². The molecule has 0 saturated heterocycles. The predicted octanol–water partition coefficient (Wildman–Crippen LogP) is 3.46. The summed E-state index contributed by atoms with van der Waals surface area (Å²) in [5, 5.41) is 12.4. The van der Waals surface area contributed by atoms with Crippen LogP contribution < -0.4 is 10.1 Å². The molecule has 0 aliphatic carbocycles. The molecule has 4 heteroatoms. The molecule has 0 spiro atoms. The number of nitriles is 1. The van der Waals surface area contributed by atoms with Crippen molar-refractivity contribution >= 4 is 11.8 Å². The summed E-state index contributed by atoms with van der Waals surface area (Å²) < 4.78 is 5.20. The van der Waals surface area contributed by atoms with Gasteiger partial charge in [0, 0.05) is 4.90 Å². The molecule has 0 radical (unpaired) electrons. The molecule has 0 aromatic heterocycles. The lowest BCUT2D eigenvalue weighted by atomic mass is 9.98. The highest BCUT2D eigenvalue weighted by Gasteiger charge is 2.21. The Morgan fingerprint density at radius 1 is 1.47 bits per heavy atom. The summed E-state index contributed by atoms with van der Waals surface area (Å²) in [6.07, 6.45) is 1.88. The molecular formula is C15H22N2OS. The van der Waals surface area contributed by atoms with Gasteiger partial charge in [-0.05, 0) is 50.3 Å². The van der Waals surface area contributed by atoms with Crippen molar-refractivity contribution in [2.75, 3.05) is 19.4 Å². The summed E-state index contributed by atoms with van der Waals surface area (Å²) >= 11 is 1.80. The zero-order valence-electron chi connectivity index (χ0n) is 11.9. The average molecular weight is 278 g/mol. The van der Waals surface area contributed by atoms with E-state index in [4.69, 9.17) is 10.00 Å². The van der Waals surface area contributed by atoms with Crippen LogP contribution in [0.5, 0.6) is 5.75 Å². The highest BCUT2D eigenvalue weighted by atomic mass is 32.2. The van der Waals surface area contributed by atoms with E-state index in [-0.39, 0.29) is 0 Å². The van der Waals surface area contributed by atoms with Crippen molar-refractivity contribution in [3.05, 3.63) is 24.3 Å². The predicted molar refractivity (Wildman–Crippen MR) is 80.6 cm³/mol. The molecule has 3 nitrogen and oxygen atoms in total. The third-order valence-corrected chi connectivity index (χ3v) is 4.02. The molecule has 1 atom stereocenters. The van der Waals surface area contributed by atoms with Gasteiger partial charge in [0.05, 0.1) is 13.2 Å². The maximum atomic E-state index is 9.17. The van der Waals surface area contributed by atoms with Crippen LogP contribution in [0.15, 0.2) is 29.2 Å². The van der Waals surface area contributed by atoms with E-state index in [0.29, 0.717) is 0 Å². The smallest absolute Gasteiger partial charge is 0.119 e. The minimum atomic E-state index is -0.399. The molecule has 0 bridgehead atoms. The number of thioether (sulfide) groups is 1. The zero-order valence-corrected chi connectivity index (χ0v) is 12.7. The number of benzene rings is 1. The molecule has 1 N–H and O–H groups in total. The molecule has 19 heavy (non-hydrogen) atoms. The fourth-order valence-corrected chi connectivity index (χ4v) is 2.78. The monoisotopic (exact) mass is 278 g/mol. The molecule has 0 heterocycles. The summed E-state index contributed by atoms with van der Waals surface area (Å²) in [4.78, 5) is 1.21. The third kappa shape index (κ3) is 5.54. The van der Waals surface area contributed by atoms with Gasteiger partial charge in [-0.15, -0.1) is 11.8 Å². The van der Waals surface area contributed by atoms with Gasteiger partial charge in [0.15, 0.2) is 0 Å². The van der Waals surface area contributed by atoms with Crippen molar-refractivity contribution in [3.8, 4) is 11.8 Å². The van der Waals surface area contributed by atoms with Gasteiger partial charge in [0.1, 0.15) is 11.3 Å². The molecular weight excluding hydrogens is 256 g/mol. The normalized spacial score (nSPS) is 13.6. The second-order valence-electron chi connectivity index (χ2n) is 4.61. The molecule has 0 aliphatic heterocycles. The Labute approximate surface area is 120 Å². The van der Waals surface area contributed by atoms with Crippen LogP contribution in [-0.4, -0.2) is 24.9 Å². The van der Waals surface area contributed by atoms with Crippen LogP contribution in [0.1, 0.15) is 26.7 Å². The maximum absolute atomic E-state index is 9.17. The van der Waals surface area contributed by atoms with Crippen LogP contribution in [0.25, 0.3) is 0 Å². The molecule has 0 fully saturated rings. The van der Waals surface area contributed by atoms with E-state index in [1.54, 1.807) is 18.9 Å². The molecule has 104 valence electrons. The number of hydrogen-bond donors (Lipinski definition) is 1. The van der Waals surface area contributed by atoms with Crippen molar-refractivity contribution in [2.24, 2.45) is 0 Å². The Balaban J connectivity index is 2.36. The third-order valence-electron chi connectivity index (χ3n) is 2.94. The highest BCUT2D eigenvalue weighted by Crippen LogP contribution is 2.24. The first-order chi connectivity index (χ1) is 9.13. The standard InChI is InChI=1S/C15H22N2OS/c1-4-17-15(2,12-16)9-6-10-19-14-8-5-7-13(11-14)18-3/h5,7-8,11,17H,4,6,9-10H2,1-3H3. The van der Waals surface area contributed by atoms with Gasteiger partial charge in [-0.3, -0.25) is 5.32 Å². The first-order valence-corrected chi connectivity index (χ1v) is 7.55. The Hall–Kier alpha value is -1.18. The van der Waals surface area contributed by atoms with Crippen LogP contribution in [0.2, 0.25) is 0 Å². The second-order valence-corrected chi connectivity index (χ2v) is 5.77. The van der Waals surface area contributed by atoms with Gasteiger partial charge >= 0.3 is 0 Å². The van der Waals surface area contributed by atoms with Crippen molar-refractivity contribution in [2.45, 2.75) is 37.1 Å². The summed E-state index contributed by atoms with van der Waals surface area (Å²) in [5.74, 6) is 1.90. The lowest BCUT2D eigenvalue weighted by Gasteiger charge is -2.22. The fraction of sp³-hybridized carbons (Fsp3) is 0.533. The van der Waals surface area contributed by atoms with E-state index in [9.17, 15) is 0 Å². The highest BCUT2D eigenvalue weighted by molar-refractivity contribution is 7.99. The Kier molecular flexibility index (Phi) is 6.75. The number of rotatable bonds is 8. The van der Waals surface area contributed by atoms with Gasteiger partial charge < -0.3 is 4.74 Å². The Morgan fingerprint density at radius 3 is 2.89 bits per heavy atom. The maximum Gasteiger partial charge on any atom is 0.119 e. The van der Waals surface area contributed by atoms with Gasteiger partial charge in [-0.1, -0.05) is 13.0 Å². The number of nitrogens with zero attached hydrogens (tertiary/aromatic N) is 1. The molecule has 1 unspecified atom stereocenters. The van der Waals surface area contributed by atoms with Crippen LogP contribution >= 0.6 is 11.8 Å². The molecule has 1 aromatic carbocycles.